The maximum Gasteiger partial charge on any atom is -0.0104 e. The maximum absolute atomic E-state index is 4.14. The van der Waals surface area contributed by atoms with Crippen molar-refractivity contribution in [2.75, 3.05) is 0 Å². The molecule has 0 radical (unpaired) electrons. The van der Waals surface area contributed by atoms with Crippen LogP contribution in [0.5, 0.6) is 0 Å². The Morgan fingerprint density at radius 1 is 1.31 bits per heavy atom. The van der Waals surface area contributed by atoms with Crippen LogP contribution in [0.25, 0.3) is 0 Å². The summed E-state index contributed by atoms with van der Waals surface area (Å²) in [4.78, 5) is 0. The Hall–Kier alpha value is -1.04. The predicted octanol–water partition coefficient (Wildman–Crippen LogP) is 5.30. The second kappa shape index (κ2) is 6.52. The monoisotopic (exact) mass is 218 g/mol. The van der Waals surface area contributed by atoms with Crippen LogP contribution in [0.2, 0.25) is 0 Å². The van der Waals surface area contributed by atoms with Gasteiger partial charge in [-0.2, -0.15) is 0 Å². The minimum atomic E-state index is 0.144. The van der Waals surface area contributed by atoms with Crippen LogP contribution in [0.15, 0.2) is 48.6 Å². The minimum absolute atomic E-state index is 0.144. The molecule has 0 aromatic rings. The Morgan fingerprint density at radius 3 is 2.31 bits per heavy atom. The minimum Gasteiger partial charge on any atom is -0.0991 e. The first-order valence-corrected chi connectivity index (χ1v) is 5.93. The summed E-state index contributed by atoms with van der Waals surface area (Å²) in [7, 11) is 0. The number of hydrogen-bond donors (Lipinski definition) is 0. The molecule has 0 aliphatic heterocycles. The fourth-order valence-electron chi connectivity index (χ4n) is 1.97. The van der Waals surface area contributed by atoms with E-state index in [4.69, 9.17) is 0 Å². The first-order chi connectivity index (χ1) is 7.29. The van der Waals surface area contributed by atoms with Gasteiger partial charge in [0.15, 0.2) is 0 Å². The Balaban J connectivity index is 4.55. The fourth-order valence-corrected chi connectivity index (χ4v) is 1.97. The van der Waals surface area contributed by atoms with Crippen LogP contribution in [0.4, 0.5) is 0 Å². The molecule has 0 heterocycles. The normalized spacial score (nSPS) is 13.6. The second-order valence-electron chi connectivity index (χ2n) is 5.43. The van der Waals surface area contributed by atoms with Crippen molar-refractivity contribution < 1.29 is 0 Å². The molecule has 0 amide bonds. The molecular formula is C16H26. The van der Waals surface area contributed by atoms with Crippen LogP contribution in [0, 0.1) is 11.3 Å². The third-order valence-corrected chi connectivity index (χ3v) is 2.75. The Morgan fingerprint density at radius 2 is 1.88 bits per heavy atom. The van der Waals surface area contributed by atoms with Gasteiger partial charge in [-0.05, 0) is 37.2 Å². The summed E-state index contributed by atoms with van der Waals surface area (Å²) < 4.78 is 0. The van der Waals surface area contributed by atoms with Gasteiger partial charge in [0.2, 0.25) is 0 Å². The molecule has 0 aliphatic carbocycles. The van der Waals surface area contributed by atoms with E-state index in [1.165, 1.54) is 11.1 Å². The van der Waals surface area contributed by atoms with Crippen molar-refractivity contribution in [3.8, 4) is 0 Å². The van der Waals surface area contributed by atoms with E-state index in [1.807, 2.05) is 6.08 Å². The summed E-state index contributed by atoms with van der Waals surface area (Å²) in [5.41, 5.74) is 2.70. The molecular weight excluding hydrogens is 192 g/mol. The highest BCUT2D eigenvalue weighted by molar-refractivity contribution is 5.24. The molecule has 0 saturated heterocycles. The molecule has 0 heteroatoms. The molecule has 1 unspecified atom stereocenters. The predicted molar refractivity (Wildman–Crippen MR) is 75.5 cm³/mol. The summed E-state index contributed by atoms with van der Waals surface area (Å²) in [6.45, 7) is 18.9. The van der Waals surface area contributed by atoms with Crippen molar-refractivity contribution in [2.45, 2.75) is 41.0 Å². The lowest BCUT2D eigenvalue weighted by molar-refractivity contribution is 0.371. The first kappa shape index (κ1) is 15.0. The Kier molecular flexibility index (Phi) is 6.10. The van der Waals surface area contributed by atoms with Crippen LogP contribution >= 0.6 is 0 Å². The lowest BCUT2D eigenvalue weighted by Gasteiger charge is -2.28. The topological polar surface area (TPSA) is 0 Å². The van der Waals surface area contributed by atoms with E-state index in [-0.39, 0.29) is 5.41 Å². The van der Waals surface area contributed by atoms with E-state index in [0.717, 1.165) is 6.42 Å². The molecule has 0 fully saturated rings. The maximum atomic E-state index is 4.14. The standard InChI is InChI=1S/C16H26/c1-8-9-10-15(5)16(6,7)12-14(4)11-13(2)3/h8-11,14H,1,5,12H2,2-4,6-7H3/b10-9-. The van der Waals surface area contributed by atoms with E-state index in [9.17, 15) is 0 Å². The van der Waals surface area contributed by atoms with Gasteiger partial charge in [-0.3, -0.25) is 0 Å². The first-order valence-electron chi connectivity index (χ1n) is 5.93. The molecule has 0 spiro atoms. The zero-order valence-corrected chi connectivity index (χ0v) is 11.5. The quantitative estimate of drug-likeness (QED) is 0.419. The number of allylic oxidation sites excluding steroid dienone is 6. The number of hydrogen-bond acceptors (Lipinski definition) is 0. The van der Waals surface area contributed by atoms with Crippen LogP contribution in [0.3, 0.4) is 0 Å². The molecule has 16 heavy (non-hydrogen) atoms. The third-order valence-electron chi connectivity index (χ3n) is 2.75. The summed E-state index contributed by atoms with van der Waals surface area (Å²) in [5.74, 6) is 0.592. The molecule has 0 saturated carbocycles. The van der Waals surface area contributed by atoms with Gasteiger partial charge >= 0.3 is 0 Å². The highest BCUT2D eigenvalue weighted by Crippen LogP contribution is 2.34. The molecule has 0 aliphatic rings. The Bertz CT molecular complexity index is 296. The van der Waals surface area contributed by atoms with E-state index in [0.29, 0.717) is 5.92 Å². The fraction of sp³-hybridized carbons (Fsp3) is 0.500. The largest absolute Gasteiger partial charge is 0.0991 e. The van der Waals surface area contributed by atoms with E-state index < -0.39 is 0 Å². The van der Waals surface area contributed by atoms with Gasteiger partial charge in [-0.1, -0.05) is 63.8 Å². The molecule has 1 atom stereocenters. The van der Waals surface area contributed by atoms with Gasteiger partial charge in [0.1, 0.15) is 0 Å². The Labute approximate surface area is 101 Å². The zero-order valence-electron chi connectivity index (χ0n) is 11.5. The average molecular weight is 218 g/mol. The lowest BCUT2D eigenvalue weighted by atomic mass is 9.77. The van der Waals surface area contributed by atoms with Gasteiger partial charge in [0.25, 0.3) is 0 Å². The molecule has 0 nitrogen and oxygen atoms in total. The molecule has 0 bridgehead atoms. The SMILES string of the molecule is C=C/C=C\C(=C)C(C)(C)CC(C)C=C(C)C. The molecule has 0 rings (SSSR count). The van der Waals surface area contributed by atoms with Crippen molar-refractivity contribution in [3.63, 3.8) is 0 Å². The summed E-state index contributed by atoms with van der Waals surface area (Å²) in [5, 5.41) is 0. The third kappa shape index (κ3) is 5.75. The zero-order chi connectivity index (χ0) is 12.8. The molecule has 90 valence electrons. The van der Waals surface area contributed by atoms with E-state index in [1.54, 1.807) is 6.08 Å². The van der Waals surface area contributed by atoms with Crippen LogP contribution in [-0.4, -0.2) is 0 Å². The van der Waals surface area contributed by atoms with E-state index in [2.05, 4.69) is 59.9 Å². The highest BCUT2D eigenvalue weighted by Gasteiger charge is 2.21. The van der Waals surface area contributed by atoms with Crippen LogP contribution < -0.4 is 0 Å². The van der Waals surface area contributed by atoms with Crippen molar-refractivity contribution in [2.24, 2.45) is 11.3 Å². The van der Waals surface area contributed by atoms with E-state index >= 15 is 0 Å². The molecule has 0 aromatic heterocycles. The van der Waals surface area contributed by atoms with Crippen LogP contribution in [-0.2, 0) is 0 Å². The van der Waals surface area contributed by atoms with Gasteiger partial charge in [-0.25, -0.2) is 0 Å². The summed E-state index contributed by atoms with van der Waals surface area (Å²) >= 11 is 0. The van der Waals surface area contributed by atoms with Crippen molar-refractivity contribution in [1.29, 1.82) is 0 Å². The van der Waals surface area contributed by atoms with Gasteiger partial charge < -0.3 is 0 Å². The average Bonchev–Trinajstić information content (AvgIpc) is 2.11. The van der Waals surface area contributed by atoms with Crippen molar-refractivity contribution in [1.82, 2.24) is 0 Å². The highest BCUT2D eigenvalue weighted by atomic mass is 14.3. The van der Waals surface area contributed by atoms with Gasteiger partial charge in [-0.15, -0.1) is 0 Å². The molecule has 0 aromatic carbocycles. The van der Waals surface area contributed by atoms with Gasteiger partial charge in [0.05, 0.1) is 0 Å². The van der Waals surface area contributed by atoms with Crippen molar-refractivity contribution in [3.05, 3.63) is 48.6 Å². The number of rotatable bonds is 6. The molecule has 0 N–H and O–H groups in total. The summed E-state index contributed by atoms with van der Waals surface area (Å²) in [6, 6.07) is 0. The smallest absolute Gasteiger partial charge is 0.0104 e. The lowest BCUT2D eigenvalue weighted by Crippen LogP contribution is -2.16. The van der Waals surface area contributed by atoms with Crippen LogP contribution in [0.1, 0.15) is 41.0 Å². The van der Waals surface area contributed by atoms with Crippen molar-refractivity contribution >= 4 is 0 Å². The second-order valence-corrected chi connectivity index (χ2v) is 5.43. The summed E-state index contributed by atoms with van der Waals surface area (Å²) in [6.07, 6.45) is 9.25. The van der Waals surface area contributed by atoms with Gasteiger partial charge in [0, 0.05) is 0 Å².